The minimum absolute atomic E-state index is 0.135. The van der Waals surface area contributed by atoms with E-state index in [-0.39, 0.29) is 5.91 Å². The molecule has 0 bridgehead atoms. The molecule has 21 heavy (non-hydrogen) atoms. The predicted octanol–water partition coefficient (Wildman–Crippen LogP) is 2.42. The van der Waals surface area contributed by atoms with E-state index in [0.29, 0.717) is 19.0 Å². The van der Waals surface area contributed by atoms with Crippen LogP contribution in [0.3, 0.4) is 0 Å². The summed E-state index contributed by atoms with van der Waals surface area (Å²) in [6, 6.07) is 4.28. The molecule has 5 nitrogen and oxygen atoms in total. The van der Waals surface area contributed by atoms with Crippen LogP contribution in [-0.2, 0) is 17.8 Å². The van der Waals surface area contributed by atoms with E-state index in [0.717, 1.165) is 35.4 Å². The summed E-state index contributed by atoms with van der Waals surface area (Å²) in [5, 5.41) is 3.92. The topological polar surface area (TPSA) is 59.2 Å². The van der Waals surface area contributed by atoms with E-state index in [1.54, 1.807) is 6.20 Å². The number of rotatable bonds is 5. The highest BCUT2D eigenvalue weighted by Gasteiger charge is 2.33. The first-order valence-electron chi connectivity index (χ1n) is 7.25. The Kier molecular flexibility index (Phi) is 3.73. The van der Waals surface area contributed by atoms with Gasteiger partial charge in [0.05, 0.1) is 12.1 Å². The molecule has 0 radical (unpaired) electrons. The molecule has 1 aliphatic carbocycles. The van der Waals surface area contributed by atoms with Crippen molar-refractivity contribution in [3.8, 4) is 0 Å². The van der Waals surface area contributed by atoms with Crippen molar-refractivity contribution in [2.45, 2.75) is 45.7 Å². The molecule has 1 saturated carbocycles. The maximum Gasteiger partial charge on any atom is 0.227 e. The van der Waals surface area contributed by atoms with Crippen LogP contribution in [0, 0.1) is 13.8 Å². The first-order chi connectivity index (χ1) is 10.1. The highest BCUT2D eigenvalue weighted by molar-refractivity contribution is 5.79. The van der Waals surface area contributed by atoms with Gasteiger partial charge in [-0.2, -0.15) is 0 Å². The van der Waals surface area contributed by atoms with Crippen molar-refractivity contribution in [3.05, 3.63) is 47.1 Å². The Labute approximate surface area is 124 Å². The van der Waals surface area contributed by atoms with Gasteiger partial charge >= 0.3 is 0 Å². The second kappa shape index (κ2) is 5.68. The Morgan fingerprint density at radius 1 is 1.43 bits per heavy atom. The summed E-state index contributed by atoms with van der Waals surface area (Å²) in [5.41, 5.74) is 2.78. The molecule has 2 heterocycles. The number of hydrogen-bond donors (Lipinski definition) is 0. The van der Waals surface area contributed by atoms with Crippen molar-refractivity contribution in [1.82, 2.24) is 15.0 Å². The van der Waals surface area contributed by atoms with Crippen LogP contribution >= 0.6 is 0 Å². The number of carbonyl (C=O) groups is 1. The van der Waals surface area contributed by atoms with Gasteiger partial charge in [-0.1, -0.05) is 11.2 Å². The lowest BCUT2D eigenvalue weighted by atomic mass is 10.1. The van der Waals surface area contributed by atoms with Crippen molar-refractivity contribution in [2.75, 3.05) is 0 Å². The summed E-state index contributed by atoms with van der Waals surface area (Å²) >= 11 is 0. The largest absolute Gasteiger partial charge is 0.361 e. The number of hydrogen-bond acceptors (Lipinski definition) is 4. The van der Waals surface area contributed by atoms with E-state index in [9.17, 15) is 4.79 Å². The molecule has 0 unspecified atom stereocenters. The summed E-state index contributed by atoms with van der Waals surface area (Å²) in [4.78, 5) is 18.7. The zero-order valence-electron chi connectivity index (χ0n) is 12.4. The Morgan fingerprint density at radius 2 is 2.24 bits per heavy atom. The number of aryl methyl sites for hydroxylation is 2. The van der Waals surface area contributed by atoms with Gasteiger partial charge in [-0.05, 0) is 38.3 Å². The molecule has 0 saturated heterocycles. The van der Waals surface area contributed by atoms with E-state index in [1.807, 2.05) is 37.1 Å². The molecule has 110 valence electrons. The van der Waals surface area contributed by atoms with E-state index in [4.69, 9.17) is 4.52 Å². The van der Waals surface area contributed by atoms with Crippen molar-refractivity contribution >= 4 is 5.91 Å². The third kappa shape index (κ3) is 3.12. The molecule has 1 fully saturated rings. The van der Waals surface area contributed by atoms with Gasteiger partial charge in [0.2, 0.25) is 5.91 Å². The first kappa shape index (κ1) is 13.8. The first-order valence-corrected chi connectivity index (χ1v) is 7.25. The molecule has 1 amide bonds. The summed E-state index contributed by atoms with van der Waals surface area (Å²) in [7, 11) is 0. The molecule has 0 atom stereocenters. The van der Waals surface area contributed by atoms with Gasteiger partial charge in [0, 0.05) is 30.5 Å². The van der Waals surface area contributed by atoms with Crippen molar-refractivity contribution < 1.29 is 9.32 Å². The highest BCUT2D eigenvalue weighted by atomic mass is 16.5. The third-order valence-electron chi connectivity index (χ3n) is 3.89. The van der Waals surface area contributed by atoms with Gasteiger partial charge in [0.25, 0.3) is 0 Å². The van der Waals surface area contributed by atoms with Gasteiger partial charge in [-0.25, -0.2) is 0 Å². The predicted molar refractivity (Wildman–Crippen MR) is 77.5 cm³/mol. The van der Waals surface area contributed by atoms with Crippen LogP contribution in [0.25, 0.3) is 0 Å². The lowest BCUT2D eigenvalue weighted by molar-refractivity contribution is -0.131. The van der Waals surface area contributed by atoms with Gasteiger partial charge in [0.15, 0.2) is 0 Å². The fraction of sp³-hybridized carbons (Fsp3) is 0.438. The second-order valence-corrected chi connectivity index (χ2v) is 5.59. The molecule has 1 aliphatic rings. The Bertz CT molecular complexity index is 613. The fourth-order valence-corrected chi connectivity index (χ4v) is 2.50. The smallest absolute Gasteiger partial charge is 0.227 e. The molecule has 2 aromatic heterocycles. The van der Waals surface area contributed by atoms with Crippen molar-refractivity contribution in [2.24, 2.45) is 0 Å². The van der Waals surface area contributed by atoms with Crippen LogP contribution in [0.1, 0.15) is 35.4 Å². The zero-order valence-corrected chi connectivity index (χ0v) is 12.4. The second-order valence-electron chi connectivity index (χ2n) is 5.59. The molecular weight excluding hydrogens is 266 g/mol. The third-order valence-corrected chi connectivity index (χ3v) is 3.89. The van der Waals surface area contributed by atoms with Gasteiger partial charge in [0.1, 0.15) is 5.76 Å². The van der Waals surface area contributed by atoms with E-state index in [2.05, 4.69) is 10.1 Å². The molecule has 3 rings (SSSR count). The van der Waals surface area contributed by atoms with E-state index >= 15 is 0 Å². The normalized spacial score (nSPS) is 14.2. The lowest BCUT2D eigenvalue weighted by Crippen LogP contribution is -2.34. The van der Waals surface area contributed by atoms with Crippen LogP contribution in [-0.4, -0.2) is 27.0 Å². The van der Waals surface area contributed by atoms with Crippen LogP contribution in [0.15, 0.2) is 29.0 Å². The Morgan fingerprint density at radius 3 is 2.81 bits per heavy atom. The lowest BCUT2D eigenvalue weighted by Gasteiger charge is -2.22. The maximum absolute atomic E-state index is 12.6. The molecular formula is C16H19N3O2. The fourth-order valence-electron chi connectivity index (χ4n) is 2.50. The molecule has 0 spiro atoms. The number of carbonyl (C=O) groups excluding carboxylic acids is 1. The monoisotopic (exact) mass is 285 g/mol. The molecule has 0 N–H and O–H groups in total. The van der Waals surface area contributed by atoms with Crippen LogP contribution in [0.2, 0.25) is 0 Å². The van der Waals surface area contributed by atoms with E-state index < -0.39 is 0 Å². The average molecular weight is 285 g/mol. The Balaban J connectivity index is 1.73. The molecule has 0 aromatic carbocycles. The SMILES string of the molecule is Cc1noc(C)c1CC(=O)N(Cc1cccnc1)C1CC1. The number of aromatic nitrogens is 2. The Hall–Kier alpha value is -2.17. The minimum atomic E-state index is 0.135. The molecule has 5 heteroatoms. The van der Waals surface area contributed by atoms with Gasteiger partial charge < -0.3 is 9.42 Å². The van der Waals surface area contributed by atoms with Gasteiger partial charge in [-0.3, -0.25) is 9.78 Å². The average Bonchev–Trinajstić information content (AvgIpc) is 3.28. The van der Waals surface area contributed by atoms with Gasteiger partial charge in [-0.15, -0.1) is 0 Å². The quantitative estimate of drug-likeness (QED) is 0.846. The summed E-state index contributed by atoms with van der Waals surface area (Å²) < 4.78 is 5.14. The highest BCUT2D eigenvalue weighted by Crippen LogP contribution is 2.29. The van der Waals surface area contributed by atoms with Crippen molar-refractivity contribution in [1.29, 1.82) is 0 Å². The number of nitrogens with zero attached hydrogens (tertiary/aromatic N) is 3. The summed E-state index contributed by atoms with van der Waals surface area (Å²) in [5.74, 6) is 0.869. The minimum Gasteiger partial charge on any atom is -0.361 e. The maximum atomic E-state index is 12.6. The molecule has 0 aliphatic heterocycles. The van der Waals surface area contributed by atoms with Crippen LogP contribution < -0.4 is 0 Å². The molecule has 2 aromatic rings. The summed E-state index contributed by atoms with van der Waals surface area (Å²) in [6.45, 7) is 4.35. The van der Waals surface area contributed by atoms with Crippen LogP contribution in [0.4, 0.5) is 0 Å². The van der Waals surface area contributed by atoms with E-state index in [1.165, 1.54) is 0 Å². The van der Waals surface area contributed by atoms with Crippen LogP contribution in [0.5, 0.6) is 0 Å². The van der Waals surface area contributed by atoms with Crippen molar-refractivity contribution in [3.63, 3.8) is 0 Å². The summed E-state index contributed by atoms with van der Waals surface area (Å²) in [6.07, 6.45) is 6.11. The zero-order chi connectivity index (χ0) is 14.8. The number of amides is 1. The number of pyridine rings is 1. The standard InChI is InChI=1S/C16H19N3O2/c1-11-15(12(2)21-18-11)8-16(20)19(14-5-6-14)10-13-4-3-7-17-9-13/h3-4,7,9,14H,5-6,8,10H2,1-2H3.